The Balaban J connectivity index is 1.84. The van der Waals surface area contributed by atoms with Crippen LogP contribution in [0.1, 0.15) is 41.5 Å². The molecule has 1 aliphatic carbocycles. The lowest BCUT2D eigenvalue weighted by Crippen LogP contribution is -2.40. The summed E-state index contributed by atoms with van der Waals surface area (Å²) >= 11 is 1.31. The van der Waals surface area contributed by atoms with Gasteiger partial charge in [-0.1, -0.05) is 54.7 Å². The number of nitrogens with zero attached hydrogens (tertiary/aromatic N) is 3. The van der Waals surface area contributed by atoms with Gasteiger partial charge in [-0.25, -0.2) is 0 Å². The number of nitrogens with one attached hydrogen (secondary N) is 1. The Bertz CT molecular complexity index is 1010. The van der Waals surface area contributed by atoms with Crippen molar-refractivity contribution in [2.75, 3.05) is 5.32 Å². The number of hydrogen-bond acceptors (Lipinski definition) is 5. The molecule has 0 saturated heterocycles. The van der Waals surface area contributed by atoms with Crippen molar-refractivity contribution in [2.45, 2.75) is 25.7 Å². The first kappa shape index (κ1) is 17.4. The van der Waals surface area contributed by atoms with Gasteiger partial charge in [0.2, 0.25) is 11.0 Å². The van der Waals surface area contributed by atoms with E-state index in [0.717, 1.165) is 16.7 Å². The second kappa shape index (κ2) is 6.93. The molecule has 0 saturated carbocycles. The number of amides is 1. The van der Waals surface area contributed by atoms with Crippen molar-refractivity contribution in [3.63, 3.8) is 0 Å². The molecule has 0 radical (unpaired) electrons. The zero-order valence-electron chi connectivity index (χ0n) is 14.8. The van der Waals surface area contributed by atoms with Crippen molar-refractivity contribution in [1.29, 1.82) is 5.26 Å². The van der Waals surface area contributed by atoms with E-state index in [4.69, 9.17) is 0 Å². The molecule has 1 aliphatic rings. The molecule has 1 amide bonds. The highest BCUT2D eigenvalue weighted by molar-refractivity contribution is 7.13. The van der Waals surface area contributed by atoms with E-state index in [2.05, 4.69) is 33.7 Å². The summed E-state index contributed by atoms with van der Waals surface area (Å²) in [7, 11) is 0. The van der Waals surface area contributed by atoms with E-state index in [1.807, 2.05) is 43.3 Å². The van der Waals surface area contributed by atoms with Crippen molar-refractivity contribution in [3.05, 3.63) is 76.3 Å². The Morgan fingerprint density at radius 2 is 2.15 bits per heavy atom. The molecule has 6 heteroatoms. The first-order chi connectivity index (χ1) is 13.2. The van der Waals surface area contributed by atoms with Crippen LogP contribution in [0.15, 0.2) is 54.0 Å². The molecular weight excluding hydrogens is 356 g/mol. The lowest BCUT2D eigenvalue weighted by atomic mass is 9.70. The van der Waals surface area contributed by atoms with Crippen molar-refractivity contribution in [3.8, 4) is 6.07 Å². The topological polar surface area (TPSA) is 78.7 Å². The van der Waals surface area contributed by atoms with Crippen LogP contribution in [0.25, 0.3) is 0 Å². The number of fused-ring (bicyclic) bond motifs is 1. The minimum absolute atomic E-state index is 0.0506. The summed E-state index contributed by atoms with van der Waals surface area (Å²) < 4.78 is 0. The van der Waals surface area contributed by atoms with Crippen LogP contribution >= 0.6 is 11.3 Å². The molecular formula is C21H18N4OS. The van der Waals surface area contributed by atoms with Gasteiger partial charge in [-0.15, -0.1) is 10.2 Å². The van der Waals surface area contributed by atoms with Gasteiger partial charge in [-0.3, -0.25) is 4.79 Å². The summed E-state index contributed by atoms with van der Waals surface area (Å²) in [6.07, 6.45) is 1.31. The first-order valence-electron chi connectivity index (χ1n) is 8.83. The first-order valence-corrected chi connectivity index (χ1v) is 9.71. The Morgan fingerprint density at radius 3 is 2.81 bits per heavy atom. The van der Waals surface area contributed by atoms with E-state index < -0.39 is 5.41 Å². The van der Waals surface area contributed by atoms with E-state index in [0.29, 0.717) is 23.5 Å². The highest BCUT2D eigenvalue weighted by Crippen LogP contribution is 2.53. The van der Waals surface area contributed by atoms with Crippen LogP contribution in [0.4, 0.5) is 5.13 Å². The third kappa shape index (κ3) is 2.90. The minimum atomic E-state index is -0.635. The standard InChI is InChI=1S/C21H18N4OS/c1-2-21(19(26)24-20-25-23-13-27-20)11-16-9-8-14(12-22)10-17(16)18(21)15-6-4-3-5-7-15/h3-10,13,18H,2,11H2,1H3,(H,24,25,26)/t18-,21+/m1/s1. The minimum Gasteiger partial charge on any atom is -0.300 e. The molecule has 1 aromatic heterocycles. The molecule has 1 N–H and O–H groups in total. The number of nitriles is 1. The maximum atomic E-state index is 13.4. The number of anilines is 1. The molecule has 5 nitrogen and oxygen atoms in total. The van der Waals surface area contributed by atoms with Gasteiger partial charge < -0.3 is 5.32 Å². The monoisotopic (exact) mass is 374 g/mol. The molecule has 2 aromatic carbocycles. The predicted molar refractivity (Wildman–Crippen MR) is 104 cm³/mol. The predicted octanol–water partition coefficient (Wildman–Crippen LogP) is 4.13. The van der Waals surface area contributed by atoms with Crippen molar-refractivity contribution < 1.29 is 4.79 Å². The maximum Gasteiger partial charge on any atom is 0.233 e. The molecule has 3 aromatic rings. The molecule has 27 heavy (non-hydrogen) atoms. The summed E-state index contributed by atoms with van der Waals surface area (Å²) in [5, 5.41) is 20.6. The molecule has 4 rings (SSSR count). The molecule has 0 bridgehead atoms. The fraction of sp³-hybridized carbons (Fsp3) is 0.238. The molecule has 0 unspecified atom stereocenters. The molecule has 0 spiro atoms. The van der Waals surface area contributed by atoms with Crippen LogP contribution in [-0.4, -0.2) is 16.1 Å². The smallest absolute Gasteiger partial charge is 0.233 e. The van der Waals surface area contributed by atoms with Crippen LogP contribution in [0.3, 0.4) is 0 Å². The molecule has 2 atom stereocenters. The number of hydrogen-bond donors (Lipinski definition) is 1. The van der Waals surface area contributed by atoms with Gasteiger partial charge in [0.15, 0.2) is 0 Å². The number of carbonyl (C=O) groups excluding carboxylic acids is 1. The van der Waals surface area contributed by atoms with Crippen LogP contribution < -0.4 is 5.32 Å². The molecule has 134 valence electrons. The van der Waals surface area contributed by atoms with E-state index >= 15 is 0 Å². The molecule has 0 fully saturated rings. The van der Waals surface area contributed by atoms with Crippen LogP contribution in [0.2, 0.25) is 0 Å². The normalized spacial score (nSPS) is 20.7. The maximum absolute atomic E-state index is 13.4. The lowest BCUT2D eigenvalue weighted by molar-refractivity contribution is -0.126. The van der Waals surface area contributed by atoms with Gasteiger partial charge >= 0.3 is 0 Å². The number of benzene rings is 2. The molecule has 1 heterocycles. The van der Waals surface area contributed by atoms with Crippen molar-refractivity contribution in [2.24, 2.45) is 5.41 Å². The van der Waals surface area contributed by atoms with Gasteiger partial charge in [0.1, 0.15) is 5.51 Å². The average Bonchev–Trinajstić information content (AvgIpc) is 3.33. The van der Waals surface area contributed by atoms with E-state index in [9.17, 15) is 10.1 Å². The van der Waals surface area contributed by atoms with Crippen LogP contribution in [0.5, 0.6) is 0 Å². The fourth-order valence-corrected chi connectivity index (χ4v) is 4.57. The summed E-state index contributed by atoms with van der Waals surface area (Å²) in [5.41, 5.74) is 4.85. The van der Waals surface area contributed by atoms with E-state index in [-0.39, 0.29) is 11.8 Å². The van der Waals surface area contributed by atoms with Crippen molar-refractivity contribution >= 4 is 22.4 Å². The number of rotatable bonds is 4. The fourth-order valence-electron chi connectivity index (χ4n) is 4.13. The van der Waals surface area contributed by atoms with Gasteiger partial charge in [-0.2, -0.15) is 5.26 Å². The summed E-state index contributed by atoms with van der Waals surface area (Å²) in [5.74, 6) is -0.162. The lowest BCUT2D eigenvalue weighted by Gasteiger charge is -2.33. The van der Waals surface area contributed by atoms with Crippen LogP contribution in [0, 0.1) is 16.7 Å². The summed E-state index contributed by atoms with van der Waals surface area (Å²) in [6.45, 7) is 2.05. The Kier molecular flexibility index (Phi) is 4.46. The van der Waals surface area contributed by atoms with E-state index in [1.165, 1.54) is 11.3 Å². The number of carbonyl (C=O) groups is 1. The zero-order chi connectivity index (χ0) is 18.9. The zero-order valence-corrected chi connectivity index (χ0v) is 15.7. The second-order valence-electron chi connectivity index (χ2n) is 6.75. The van der Waals surface area contributed by atoms with Gasteiger partial charge in [0, 0.05) is 5.92 Å². The Labute approximate surface area is 161 Å². The highest BCUT2D eigenvalue weighted by Gasteiger charge is 2.51. The number of aromatic nitrogens is 2. The van der Waals surface area contributed by atoms with Gasteiger partial charge in [-0.05, 0) is 41.7 Å². The molecule has 0 aliphatic heterocycles. The largest absolute Gasteiger partial charge is 0.300 e. The summed E-state index contributed by atoms with van der Waals surface area (Å²) in [6, 6.07) is 18.0. The second-order valence-corrected chi connectivity index (χ2v) is 7.59. The van der Waals surface area contributed by atoms with Gasteiger partial charge in [0.25, 0.3) is 0 Å². The average molecular weight is 374 g/mol. The van der Waals surface area contributed by atoms with Gasteiger partial charge in [0.05, 0.1) is 17.0 Å². The summed E-state index contributed by atoms with van der Waals surface area (Å²) in [4.78, 5) is 13.4. The van der Waals surface area contributed by atoms with Crippen LogP contribution in [-0.2, 0) is 11.2 Å². The third-order valence-corrected chi connectivity index (χ3v) is 6.05. The van der Waals surface area contributed by atoms with E-state index in [1.54, 1.807) is 5.51 Å². The quantitative estimate of drug-likeness (QED) is 0.745. The SMILES string of the molecule is CC[C@]1(C(=O)Nc2nncs2)Cc2ccc(C#N)cc2[C@H]1c1ccccc1. The Morgan fingerprint density at radius 1 is 1.33 bits per heavy atom. The Hall–Kier alpha value is -3.04. The highest BCUT2D eigenvalue weighted by atomic mass is 32.1. The third-order valence-electron chi connectivity index (χ3n) is 5.44. The van der Waals surface area contributed by atoms with Crippen molar-refractivity contribution in [1.82, 2.24) is 10.2 Å².